The van der Waals surface area contributed by atoms with Gasteiger partial charge in [0, 0.05) is 5.75 Å². The molecule has 0 radical (unpaired) electrons. The number of hydrogen-bond donors (Lipinski definition) is 1. The van der Waals surface area contributed by atoms with Gasteiger partial charge >= 0.3 is 0 Å². The molecule has 18 heavy (non-hydrogen) atoms. The first-order chi connectivity index (χ1) is 8.66. The molecule has 1 aromatic carbocycles. The van der Waals surface area contributed by atoms with Crippen LogP contribution >= 0.6 is 11.8 Å². The largest absolute Gasteiger partial charge is 0.481 e. The van der Waals surface area contributed by atoms with Gasteiger partial charge in [-0.15, -0.1) is 0 Å². The topological polar surface area (TPSA) is 55.4 Å². The maximum atomic E-state index is 11.9. The smallest absolute Gasteiger partial charge is 0.261 e. The summed E-state index contributed by atoms with van der Waals surface area (Å²) in [6.07, 6.45) is 0.0959. The maximum absolute atomic E-state index is 11.9. The van der Waals surface area contributed by atoms with E-state index in [1.165, 1.54) is 11.8 Å². The summed E-state index contributed by atoms with van der Waals surface area (Å²) in [6, 6.07) is 8.80. The van der Waals surface area contributed by atoms with Crippen molar-refractivity contribution in [2.45, 2.75) is 25.5 Å². The molecule has 1 saturated heterocycles. The molecule has 1 N–H and O–H groups in total. The molecule has 0 bridgehead atoms. The van der Waals surface area contributed by atoms with Gasteiger partial charge in [-0.1, -0.05) is 30.0 Å². The molecule has 2 rings (SSSR count). The highest BCUT2D eigenvalue weighted by Gasteiger charge is 2.28. The third-order valence-corrected chi connectivity index (χ3v) is 3.69. The lowest BCUT2D eigenvalue weighted by molar-refractivity contribution is -0.129. The lowest BCUT2D eigenvalue weighted by Gasteiger charge is -2.16. The number of carbonyl (C=O) groups excluding carboxylic acids is 2. The van der Waals surface area contributed by atoms with Gasteiger partial charge in [0.2, 0.25) is 5.12 Å². The molecule has 1 heterocycles. The van der Waals surface area contributed by atoms with Gasteiger partial charge in [0.25, 0.3) is 5.91 Å². The van der Waals surface area contributed by atoms with E-state index < -0.39 is 6.10 Å². The van der Waals surface area contributed by atoms with Crippen LogP contribution in [0, 0.1) is 0 Å². The van der Waals surface area contributed by atoms with Crippen LogP contribution in [0.15, 0.2) is 30.3 Å². The number of thioether (sulfide) groups is 1. The predicted octanol–water partition coefficient (Wildman–Crippen LogP) is 1.60. The number of benzene rings is 1. The second-order valence-electron chi connectivity index (χ2n) is 4.09. The molecule has 5 heteroatoms. The molecule has 0 aliphatic carbocycles. The third kappa shape index (κ3) is 3.26. The first kappa shape index (κ1) is 13.0. The monoisotopic (exact) mass is 265 g/mol. The van der Waals surface area contributed by atoms with Crippen molar-refractivity contribution in [2.24, 2.45) is 0 Å². The van der Waals surface area contributed by atoms with Gasteiger partial charge in [-0.25, -0.2) is 0 Å². The van der Waals surface area contributed by atoms with Crippen LogP contribution in [0.25, 0.3) is 0 Å². The molecule has 1 amide bonds. The molecule has 2 atom stereocenters. The highest BCUT2D eigenvalue weighted by Crippen LogP contribution is 2.19. The molecular weight excluding hydrogens is 250 g/mol. The van der Waals surface area contributed by atoms with Gasteiger partial charge in [-0.2, -0.15) is 0 Å². The van der Waals surface area contributed by atoms with E-state index in [9.17, 15) is 9.59 Å². The lowest BCUT2D eigenvalue weighted by atomic mass is 10.2. The Morgan fingerprint density at radius 2 is 2.17 bits per heavy atom. The van der Waals surface area contributed by atoms with Crippen molar-refractivity contribution in [3.8, 4) is 5.75 Å². The normalized spacial score (nSPS) is 20.5. The SMILES string of the molecule is CC(Oc1ccccc1)C(=O)NC1CCSC1=O. The van der Waals surface area contributed by atoms with E-state index in [1.807, 2.05) is 18.2 Å². The molecule has 1 aromatic rings. The van der Waals surface area contributed by atoms with Gasteiger partial charge in [0.1, 0.15) is 5.75 Å². The minimum Gasteiger partial charge on any atom is -0.481 e. The highest BCUT2D eigenvalue weighted by atomic mass is 32.2. The van der Waals surface area contributed by atoms with Gasteiger partial charge in [0.05, 0.1) is 6.04 Å². The lowest BCUT2D eigenvalue weighted by Crippen LogP contribution is -2.44. The van der Waals surface area contributed by atoms with Crippen molar-refractivity contribution < 1.29 is 14.3 Å². The maximum Gasteiger partial charge on any atom is 0.261 e. The number of nitrogens with one attached hydrogen (secondary N) is 1. The summed E-state index contributed by atoms with van der Waals surface area (Å²) in [6.45, 7) is 1.68. The Hall–Kier alpha value is -1.49. The zero-order valence-electron chi connectivity index (χ0n) is 10.1. The molecule has 1 fully saturated rings. The Morgan fingerprint density at radius 3 is 2.78 bits per heavy atom. The fourth-order valence-corrected chi connectivity index (χ4v) is 2.61. The number of amides is 1. The molecule has 2 unspecified atom stereocenters. The van der Waals surface area contributed by atoms with Gasteiger partial charge in [-0.05, 0) is 25.5 Å². The number of rotatable bonds is 4. The molecule has 0 spiro atoms. The Morgan fingerprint density at radius 1 is 1.44 bits per heavy atom. The first-order valence-corrected chi connectivity index (χ1v) is 6.84. The minimum absolute atomic E-state index is 0.0373. The second kappa shape index (κ2) is 5.91. The van der Waals surface area contributed by atoms with Crippen LogP contribution in [-0.4, -0.2) is 28.9 Å². The van der Waals surface area contributed by atoms with Crippen LogP contribution in [0.1, 0.15) is 13.3 Å². The molecule has 1 aliphatic rings. The summed E-state index contributed by atoms with van der Waals surface area (Å²) in [4.78, 5) is 23.2. The standard InChI is InChI=1S/C13H15NO3S/c1-9(17-10-5-3-2-4-6-10)12(15)14-11-7-8-18-13(11)16/h2-6,9,11H,7-8H2,1H3,(H,14,15). The van der Waals surface area contributed by atoms with E-state index in [1.54, 1.807) is 19.1 Å². The van der Waals surface area contributed by atoms with E-state index in [-0.39, 0.29) is 17.1 Å². The number of hydrogen-bond acceptors (Lipinski definition) is 4. The minimum atomic E-state index is -0.606. The fourth-order valence-electron chi connectivity index (χ4n) is 1.67. The van der Waals surface area contributed by atoms with E-state index in [0.717, 1.165) is 5.75 Å². The van der Waals surface area contributed by atoms with Gasteiger partial charge in [0.15, 0.2) is 6.10 Å². The van der Waals surface area contributed by atoms with Crippen LogP contribution in [0.4, 0.5) is 0 Å². The summed E-state index contributed by atoms with van der Waals surface area (Å²) in [5.41, 5.74) is 0. The Kier molecular flexibility index (Phi) is 4.25. The number of para-hydroxylation sites is 1. The Bertz CT molecular complexity index is 435. The number of carbonyl (C=O) groups is 2. The second-order valence-corrected chi connectivity index (χ2v) is 5.19. The molecule has 1 aliphatic heterocycles. The first-order valence-electron chi connectivity index (χ1n) is 5.85. The van der Waals surface area contributed by atoms with Crippen LogP contribution in [0.5, 0.6) is 5.75 Å². The predicted molar refractivity (Wildman–Crippen MR) is 70.5 cm³/mol. The van der Waals surface area contributed by atoms with Crippen LogP contribution in [0.2, 0.25) is 0 Å². The molecule has 96 valence electrons. The zero-order valence-corrected chi connectivity index (χ0v) is 10.9. The van der Waals surface area contributed by atoms with Crippen LogP contribution < -0.4 is 10.1 Å². The molecular formula is C13H15NO3S. The average Bonchev–Trinajstić information content (AvgIpc) is 2.76. The van der Waals surface area contributed by atoms with Crippen molar-refractivity contribution in [1.82, 2.24) is 5.32 Å². The Labute approximate surface area is 110 Å². The fraction of sp³-hybridized carbons (Fsp3) is 0.385. The summed E-state index contributed by atoms with van der Waals surface area (Å²) >= 11 is 1.27. The van der Waals surface area contributed by atoms with E-state index in [0.29, 0.717) is 12.2 Å². The molecule has 4 nitrogen and oxygen atoms in total. The van der Waals surface area contributed by atoms with Crippen molar-refractivity contribution in [2.75, 3.05) is 5.75 Å². The quantitative estimate of drug-likeness (QED) is 0.898. The average molecular weight is 265 g/mol. The van der Waals surface area contributed by atoms with E-state index in [4.69, 9.17) is 4.74 Å². The van der Waals surface area contributed by atoms with Crippen molar-refractivity contribution >= 4 is 22.8 Å². The highest BCUT2D eigenvalue weighted by molar-refractivity contribution is 8.14. The number of ether oxygens (including phenoxy) is 1. The molecule has 0 saturated carbocycles. The zero-order chi connectivity index (χ0) is 13.0. The van der Waals surface area contributed by atoms with Crippen molar-refractivity contribution in [3.63, 3.8) is 0 Å². The van der Waals surface area contributed by atoms with Crippen LogP contribution in [-0.2, 0) is 9.59 Å². The van der Waals surface area contributed by atoms with Crippen molar-refractivity contribution in [1.29, 1.82) is 0 Å². The summed E-state index contributed by atoms with van der Waals surface area (Å²) < 4.78 is 5.49. The van der Waals surface area contributed by atoms with E-state index in [2.05, 4.69) is 5.32 Å². The Balaban J connectivity index is 1.87. The van der Waals surface area contributed by atoms with Gasteiger partial charge in [-0.3, -0.25) is 9.59 Å². The van der Waals surface area contributed by atoms with Crippen LogP contribution in [0.3, 0.4) is 0 Å². The van der Waals surface area contributed by atoms with Gasteiger partial charge < -0.3 is 10.1 Å². The third-order valence-electron chi connectivity index (χ3n) is 2.68. The van der Waals surface area contributed by atoms with Crippen molar-refractivity contribution in [3.05, 3.63) is 30.3 Å². The summed E-state index contributed by atoms with van der Waals surface area (Å²) in [7, 11) is 0. The van der Waals surface area contributed by atoms with E-state index >= 15 is 0 Å². The summed E-state index contributed by atoms with van der Waals surface area (Å²) in [5, 5.41) is 2.75. The summed E-state index contributed by atoms with van der Waals surface area (Å²) in [5.74, 6) is 1.17. The molecule has 0 aromatic heterocycles.